The highest BCUT2D eigenvalue weighted by Crippen LogP contribution is 2.32. The molecule has 0 atom stereocenters. The van der Waals surface area contributed by atoms with E-state index in [9.17, 15) is 0 Å². The molecule has 0 saturated heterocycles. The Morgan fingerprint density at radius 3 is 1.27 bits per heavy atom. The molecule has 5 rings (SSSR count). The number of benzene rings is 2. The van der Waals surface area contributed by atoms with Gasteiger partial charge in [0.25, 0.3) is 0 Å². The van der Waals surface area contributed by atoms with Crippen LogP contribution in [0.2, 0.25) is 0 Å². The van der Waals surface area contributed by atoms with Crippen LogP contribution in [0.4, 0.5) is 0 Å². The molecule has 0 fully saturated rings. The van der Waals surface area contributed by atoms with Crippen LogP contribution < -0.4 is 9.47 Å². The van der Waals surface area contributed by atoms with Gasteiger partial charge in [-0.05, 0) is 37.1 Å². The predicted octanol–water partition coefficient (Wildman–Crippen LogP) is 13.4. The summed E-state index contributed by atoms with van der Waals surface area (Å²) in [7, 11) is 0. The zero-order valence-corrected chi connectivity index (χ0v) is 30.0. The number of hydrogen-bond acceptors (Lipinski definition) is 7. The van der Waals surface area contributed by atoms with E-state index in [0.717, 1.165) is 48.6 Å². The van der Waals surface area contributed by atoms with Crippen molar-refractivity contribution < 1.29 is 9.47 Å². The first kappa shape index (κ1) is 37.0. The summed E-state index contributed by atoms with van der Waals surface area (Å²) in [6, 6.07) is 16.3. The third-order valence-corrected chi connectivity index (χ3v) is 9.90. The van der Waals surface area contributed by atoms with Gasteiger partial charge in [0, 0.05) is 10.8 Å². The Labute approximate surface area is 284 Å². The van der Waals surface area contributed by atoms with E-state index in [1.165, 1.54) is 99.3 Å². The highest BCUT2D eigenvalue weighted by molar-refractivity contribution is 7.17. The van der Waals surface area contributed by atoms with Crippen molar-refractivity contribution in [2.45, 2.75) is 117 Å². The number of thiophene rings is 1. The third-order valence-electron chi connectivity index (χ3n) is 7.58. The van der Waals surface area contributed by atoms with Crippen LogP contribution in [0.15, 0.2) is 70.3 Å². The van der Waals surface area contributed by atoms with Crippen LogP contribution in [-0.2, 0) is 0 Å². The van der Waals surface area contributed by atoms with Gasteiger partial charge in [-0.3, -0.25) is 0 Å². The summed E-state index contributed by atoms with van der Waals surface area (Å²) in [5.41, 5.74) is 5.93. The topological polar surface area (TPSA) is 44.2 Å². The first-order valence-corrected chi connectivity index (χ1v) is 19.9. The first-order chi connectivity index (χ1) is 22.3. The van der Waals surface area contributed by atoms with Crippen molar-refractivity contribution in [3.63, 3.8) is 0 Å². The number of thiazole rings is 2. The minimum Gasteiger partial charge on any atom is -0.489 e. The van der Waals surface area contributed by atoms with Crippen molar-refractivity contribution in [3.8, 4) is 11.5 Å². The summed E-state index contributed by atoms with van der Waals surface area (Å²) in [5, 5.41) is 4.15. The van der Waals surface area contributed by atoms with E-state index in [4.69, 9.17) is 9.47 Å². The molecule has 0 unspecified atom stereocenters. The zero-order valence-electron chi connectivity index (χ0n) is 27.6. The van der Waals surface area contributed by atoms with Crippen molar-refractivity contribution in [2.24, 2.45) is 0 Å². The maximum absolute atomic E-state index is 5.94. The van der Waals surface area contributed by atoms with Gasteiger partial charge in [-0.25, -0.2) is 9.97 Å². The molecule has 45 heavy (non-hydrogen) atoms. The smallest absolute Gasteiger partial charge is 0.171 e. The Bertz CT molecular complexity index is 1220. The summed E-state index contributed by atoms with van der Waals surface area (Å²) < 4.78 is 14.4. The molecule has 5 aromatic rings. The van der Waals surface area contributed by atoms with Crippen LogP contribution >= 0.6 is 34.0 Å². The molecule has 0 bridgehead atoms. The van der Waals surface area contributed by atoms with Gasteiger partial charge in [-0.1, -0.05) is 128 Å². The summed E-state index contributed by atoms with van der Waals surface area (Å²) >= 11 is 5.03. The number of rotatable bonds is 20. The van der Waals surface area contributed by atoms with Crippen molar-refractivity contribution in [1.29, 1.82) is 0 Å². The number of aromatic nitrogens is 2. The van der Waals surface area contributed by atoms with Gasteiger partial charge in [0.2, 0.25) is 0 Å². The van der Waals surface area contributed by atoms with Gasteiger partial charge in [0.1, 0.15) is 0 Å². The molecule has 3 aromatic heterocycles. The lowest BCUT2D eigenvalue weighted by Gasteiger charge is -2.09. The highest BCUT2D eigenvalue weighted by Gasteiger charge is 2.06. The Morgan fingerprint density at radius 2 is 0.867 bits per heavy atom. The van der Waals surface area contributed by atoms with Crippen LogP contribution in [0.3, 0.4) is 0 Å². The van der Waals surface area contributed by atoms with Gasteiger partial charge < -0.3 is 9.47 Å². The molecule has 3 heterocycles. The average molecular weight is 667 g/mol. The van der Waals surface area contributed by atoms with Gasteiger partial charge in [-0.15, -0.1) is 34.0 Å². The van der Waals surface area contributed by atoms with Crippen LogP contribution in [0.25, 0.3) is 20.4 Å². The SMILES string of the molecule is CCCCCCCCCCOc1cscc1OCCCCCCCCCC.c1ccc2scnc2c1.c1ccc2scnc2c1. The van der Waals surface area contributed by atoms with Crippen molar-refractivity contribution in [2.75, 3.05) is 13.2 Å². The molecule has 0 N–H and O–H groups in total. The molecule has 0 spiro atoms. The molecule has 0 aliphatic rings. The zero-order chi connectivity index (χ0) is 31.6. The Hall–Kier alpha value is -2.48. The summed E-state index contributed by atoms with van der Waals surface area (Å²) in [6.07, 6.45) is 21.4. The highest BCUT2D eigenvalue weighted by atomic mass is 32.1. The molecule has 0 amide bonds. The molecule has 0 aliphatic heterocycles. The van der Waals surface area contributed by atoms with E-state index in [0.29, 0.717) is 0 Å². The van der Waals surface area contributed by atoms with E-state index in [-0.39, 0.29) is 0 Å². The monoisotopic (exact) mass is 666 g/mol. The number of hydrogen-bond donors (Lipinski definition) is 0. The summed E-state index contributed by atoms with van der Waals surface area (Å²) in [4.78, 5) is 8.27. The van der Waals surface area contributed by atoms with Crippen LogP contribution in [0.1, 0.15) is 117 Å². The van der Waals surface area contributed by atoms with Crippen LogP contribution in [0.5, 0.6) is 11.5 Å². The molecular weight excluding hydrogens is 613 g/mol. The van der Waals surface area contributed by atoms with Gasteiger partial charge in [-0.2, -0.15) is 0 Å². The molecule has 4 nitrogen and oxygen atoms in total. The normalized spacial score (nSPS) is 10.7. The lowest BCUT2D eigenvalue weighted by Crippen LogP contribution is -2.01. The minimum absolute atomic E-state index is 0.819. The Kier molecular flexibility index (Phi) is 20.3. The van der Waals surface area contributed by atoms with Gasteiger partial charge >= 0.3 is 0 Å². The number of fused-ring (bicyclic) bond motifs is 2. The van der Waals surface area contributed by atoms with Crippen molar-refractivity contribution in [3.05, 3.63) is 70.3 Å². The number of unbranched alkanes of at least 4 members (excludes halogenated alkanes) is 14. The average Bonchev–Trinajstić information content (AvgIpc) is 3.85. The lowest BCUT2D eigenvalue weighted by molar-refractivity contribution is 0.260. The predicted molar refractivity (Wildman–Crippen MR) is 200 cm³/mol. The number of nitrogens with zero attached hydrogens (tertiary/aromatic N) is 2. The second-order valence-corrected chi connectivity index (χ2v) is 13.9. The Balaban J connectivity index is 0.000000242. The quantitative estimate of drug-likeness (QED) is 0.0775. The van der Waals surface area contributed by atoms with E-state index in [1.54, 1.807) is 34.0 Å². The Morgan fingerprint density at radius 1 is 0.489 bits per heavy atom. The van der Waals surface area contributed by atoms with E-state index >= 15 is 0 Å². The molecule has 0 saturated carbocycles. The first-order valence-electron chi connectivity index (χ1n) is 17.2. The minimum atomic E-state index is 0.819. The van der Waals surface area contributed by atoms with Gasteiger partial charge in [0.05, 0.1) is 44.7 Å². The molecule has 0 radical (unpaired) electrons. The van der Waals surface area contributed by atoms with E-state index < -0.39 is 0 Å². The van der Waals surface area contributed by atoms with Gasteiger partial charge in [0.15, 0.2) is 11.5 Å². The second kappa shape index (κ2) is 24.7. The van der Waals surface area contributed by atoms with Crippen molar-refractivity contribution in [1.82, 2.24) is 9.97 Å². The molecule has 246 valence electrons. The molecule has 2 aromatic carbocycles. The molecule has 7 heteroatoms. The fraction of sp³-hybridized carbons (Fsp3) is 0.526. The molecule has 0 aliphatic carbocycles. The number of ether oxygens (including phenoxy) is 2. The lowest BCUT2D eigenvalue weighted by atomic mass is 10.1. The van der Waals surface area contributed by atoms with Crippen LogP contribution in [-0.4, -0.2) is 23.2 Å². The number of para-hydroxylation sites is 2. The maximum Gasteiger partial charge on any atom is 0.171 e. The second-order valence-electron chi connectivity index (χ2n) is 11.4. The maximum atomic E-state index is 5.94. The fourth-order valence-electron chi connectivity index (χ4n) is 4.93. The summed E-state index contributed by atoms with van der Waals surface area (Å²) in [5.74, 6) is 1.89. The third kappa shape index (κ3) is 16.1. The summed E-state index contributed by atoms with van der Waals surface area (Å²) in [6.45, 7) is 6.18. The van der Waals surface area contributed by atoms with Crippen LogP contribution in [0, 0.1) is 0 Å². The molecular formula is C38H54N2O2S3. The standard InChI is InChI=1S/C24H44O2S.2C7H5NS/c1-3-5-7-9-11-13-15-17-19-25-23-21-27-22-24(23)26-20-18-16-14-12-10-8-6-4-2;2*1-2-4-7-6(3-1)8-5-9-7/h21-22H,3-20H2,1-2H3;2*1-5H. The van der Waals surface area contributed by atoms with Crippen molar-refractivity contribution >= 4 is 54.4 Å². The van der Waals surface area contributed by atoms with E-state index in [2.05, 4.69) is 46.7 Å². The fourth-order valence-corrected chi connectivity index (χ4v) is 6.97. The largest absolute Gasteiger partial charge is 0.489 e. The van der Waals surface area contributed by atoms with E-state index in [1.807, 2.05) is 47.4 Å².